The molecule has 1 aliphatic heterocycles. The number of carbonyl (C=O) groups is 1. The van der Waals surface area contributed by atoms with Crippen molar-refractivity contribution < 1.29 is 22.7 Å². The molecule has 1 aliphatic rings. The lowest BCUT2D eigenvalue weighted by molar-refractivity contribution is 0.0954. The fourth-order valence-electron chi connectivity index (χ4n) is 6.18. The quantitative estimate of drug-likeness (QED) is 0.211. The standard InChI is InChI=1S/C35H36N4O5S/c1-23-33-29(35(40)36-18-16-28(24-10-6-4-7-11-24)25-12-8-5-9-13-25)21-30(26-14-15-31(43-2)32(20-26)44-3)37-34(33)39(38-23)27-17-19-45(41,42)22-27/h4-15,20-21,27-28H,16-19,22H2,1-3H3,(H,36,40). The van der Waals surface area contributed by atoms with Crippen LogP contribution in [0.5, 0.6) is 11.5 Å². The first kappa shape index (κ1) is 30.3. The van der Waals surface area contributed by atoms with Gasteiger partial charge in [-0.3, -0.25) is 4.79 Å². The van der Waals surface area contributed by atoms with Crippen molar-refractivity contribution in [2.45, 2.75) is 31.7 Å². The third-order valence-corrected chi connectivity index (χ3v) is 10.2. The number of rotatable bonds is 10. The molecular weight excluding hydrogens is 588 g/mol. The maximum absolute atomic E-state index is 14.0. The highest BCUT2D eigenvalue weighted by Crippen LogP contribution is 2.35. The number of sulfone groups is 1. The van der Waals surface area contributed by atoms with Crippen LogP contribution in [0.15, 0.2) is 84.9 Å². The molecule has 10 heteroatoms. The third-order valence-electron chi connectivity index (χ3n) is 8.44. The maximum atomic E-state index is 14.0. The van der Waals surface area contributed by atoms with Gasteiger partial charge in [0, 0.05) is 18.0 Å². The van der Waals surface area contributed by atoms with E-state index in [4.69, 9.17) is 19.6 Å². The van der Waals surface area contributed by atoms with Crippen LogP contribution in [-0.4, -0.2) is 61.4 Å². The Bertz CT molecular complexity index is 1900. The molecule has 0 radical (unpaired) electrons. The summed E-state index contributed by atoms with van der Waals surface area (Å²) in [6.45, 7) is 2.27. The summed E-state index contributed by atoms with van der Waals surface area (Å²) in [5.41, 5.74) is 5.18. The summed E-state index contributed by atoms with van der Waals surface area (Å²) in [6.07, 6.45) is 1.15. The van der Waals surface area contributed by atoms with Gasteiger partial charge in [0.05, 0.1) is 54.1 Å². The van der Waals surface area contributed by atoms with Crippen LogP contribution >= 0.6 is 0 Å². The Kier molecular flexibility index (Phi) is 8.58. The van der Waals surface area contributed by atoms with Gasteiger partial charge < -0.3 is 14.8 Å². The second-order valence-corrected chi connectivity index (χ2v) is 13.6. The van der Waals surface area contributed by atoms with Crippen LogP contribution in [0.4, 0.5) is 0 Å². The number of carbonyl (C=O) groups excluding carboxylic acids is 1. The first-order valence-electron chi connectivity index (χ1n) is 15.0. The molecule has 1 amide bonds. The van der Waals surface area contributed by atoms with Gasteiger partial charge in [0.2, 0.25) is 0 Å². The monoisotopic (exact) mass is 624 g/mol. The zero-order valence-electron chi connectivity index (χ0n) is 25.6. The molecule has 45 heavy (non-hydrogen) atoms. The SMILES string of the molecule is COc1ccc(-c2cc(C(=O)NCCC(c3ccccc3)c3ccccc3)c3c(C)nn(C4CCS(=O)(=O)C4)c3n2)cc1OC. The number of hydrogen-bond acceptors (Lipinski definition) is 7. The summed E-state index contributed by atoms with van der Waals surface area (Å²) < 4.78 is 37.4. The van der Waals surface area contributed by atoms with Crippen LogP contribution in [0.2, 0.25) is 0 Å². The number of pyridine rings is 1. The van der Waals surface area contributed by atoms with Crippen LogP contribution in [0.1, 0.15) is 52.0 Å². The summed E-state index contributed by atoms with van der Waals surface area (Å²) in [6, 6.07) is 27.5. The molecule has 2 aromatic heterocycles. The minimum atomic E-state index is -3.17. The van der Waals surface area contributed by atoms with Crippen LogP contribution in [0.25, 0.3) is 22.3 Å². The van der Waals surface area contributed by atoms with Crippen LogP contribution in [0, 0.1) is 6.92 Å². The summed E-state index contributed by atoms with van der Waals surface area (Å²) in [7, 11) is -0.0383. The molecule has 5 aromatic rings. The molecule has 0 aliphatic carbocycles. The van der Waals surface area contributed by atoms with E-state index in [0.717, 1.165) is 5.56 Å². The Morgan fingerprint density at radius 1 is 0.956 bits per heavy atom. The molecule has 1 fully saturated rings. The minimum Gasteiger partial charge on any atom is -0.493 e. The highest BCUT2D eigenvalue weighted by molar-refractivity contribution is 7.91. The van der Waals surface area contributed by atoms with Gasteiger partial charge in [-0.25, -0.2) is 18.1 Å². The van der Waals surface area contributed by atoms with Crippen molar-refractivity contribution in [1.82, 2.24) is 20.1 Å². The summed E-state index contributed by atoms with van der Waals surface area (Å²) in [4.78, 5) is 18.9. The number of methoxy groups -OCH3 is 2. The zero-order chi connectivity index (χ0) is 31.6. The van der Waals surface area contributed by atoms with E-state index in [1.165, 1.54) is 11.1 Å². The van der Waals surface area contributed by atoms with E-state index in [-0.39, 0.29) is 29.4 Å². The fraction of sp³-hybridized carbons (Fsp3) is 0.286. The molecule has 1 unspecified atom stereocenters. The molecule has 1 saturated heterocycles. The van der Waals surface area contributed by atoms with Crippen LogP contribution in [-0.2, 0) is 9.84 Å². The first-order chi connectivity index (χ1) is 21.8. The van der Waals surface area contributed by atoms with Crippen molar-refractivity contribution in [1.29, 1.82) is 0 Å². The number of ether oxygens (including phenoxy) is 2. The van der Waals surface area contributed by atoms with E-state index in [1.807, 2.05) is 55.5 Å². The normalized spacial score (nSPS) is 15.8. The van der Waals surface area contributed by atoms with E-state index in [9.17, 15) is 13.2 Å². The summed E-state index contributed by atoms with van der Waals surface area (Å²) >= 11 is 0. The number of aromatic nitrogens is 3. The van der Waals surface area contributed by atoms with E-state index < -0.39 is 9.84 Å². The Morgan fingerprint density at radius 3 is 2.22 bits per heavy atom. The number of benzene rings is 3. The van der Waals surface area contributed by atoms with Gasteiger partial charge in [-0.2, -0.15) is 5.10 Å². The van der Waals surface area contributed by atoms with Crippen LogP contribution < -0.4 is 14.8 Å². The Morgan fingerprint density at radius 2 is 1.62 bits per heavy atom. The molecule has 0 saturated carbocycles. The fourth-order valence-corrected chi connectivity index (χ4v) is 7.87. The lowest BCUT2D eigenvalue weighted by Crippen LogP contribution is -2.26. The van der Waals surface area contributed by atoms with Gasteiger partial charge in [-0.15, -0.1) is 0 Å². The first-order valence-corrected chi connectivity index (χ1v) is 16.8. The lowest BCUT2D eigenvalue weighted by atomic mass is 9.88. The smallest absolute Gasteiger partial charge is 0.252 e. The lowest BCUT2D eigenvalue weighted by Gasteiger charge is -2.19. The number of nitrogens with zero attached hydrogens (tertiary/aromatic N) is 3. The molecule has 232 valence electrons. The molecule has 1 atom stereocenters. The molecule has 6 rings (SSSR count). The van der Waals surface area contributed by atoms with Crippen molar-refractivity contribution >= 4 is 26.8 Å². The predicted octanol–water partition coefficient (Wildman–Crippen LogP) is 5.74. The molecule has 3 heterocycles. The average Bonchev–Trinajstić information content (AvgIpc) is 3.60. The van der Waals surface area contributed by atoms with Crippen molar-refractivity contribution in [2.24, 2.45) is 0 Å². The van der Waals surface area contributed by atoms with Crippen molar-refractivity contribution in [2.75, 3.05) is 32.3 Å². The average molecular weight is 625 g/mol. The number of aryl methyl sites for hydroxylation is 1. The second-order valence-electron chi connectivity index (χ2n) is 11.3. The number of hydrogen-bond donors (Lipinski definition) is 1. The summed E-state index contributed by atoms with van der Waals surface area (Å²) in [5, 5.41) is 8.50. The molecular formula is C35H36N4O5S. The van der Waals surface area contributed by atoms with Crippen molar-refractivity contribution in [3.05, 3.63) is 107 Å². The Labute approximate surface area is 263 Å². The van der Waals surface area contributed by atoms with Crippen LogP contribution in [0.3, 0.4) is 0 Å². The van der Waals surface area contributed by atoms with Gasteiger partial charge in [0.25, 0.3) is 5.91 Å². The summed E-state index contributed by atoms with van der Waals surface area (Å²) in [5.74, 6) is 1.07. The molecule has 1 N–H and O–H groups in total. The Hall–Kier alpha value is -4.70. The highest BCUT2D eigenvalue weighted by atomic mass is 32.2. The largest absolute Gasteiger partial charge is 0.493 e. The van der Waals surface area contributed by atoms with Crippen molar-refractivity contribution in [3.8, 4) is 22.8 Å². The molecule has 0 bridgehead atoms. The van der Waals surface area contributed by atoms with Gasteiger partial charge in [0.15, 0.2) is 27.0 Å². The Balaban J connectivity index is 1.37. The minimum absolute atomic E-state index is 0.00657. The zero-order valence-corrected chi connectivity index (χ0v) is 26.4. The van der Waals surface area contributed by atoms with E-state index in [1.54, 1.807) is 31.0 Å². The van der Waals surface area contributed by atoms with Crippen molar-refractivity contribution in [3.63, 3.8) is 0 Å². The third kappa shape index (κ3) is 6.28. The van der Waals surface area contributed by atoms with E-state index >= 15 is 0 Å². The van der Waals surface area contributed by atoms with Gasteiger partial charge in [-0.1, -0.05) is 60.7 Å². The van der Waals surface area contributed by atoms with E-state index in [2.05, 4.69) is 29.6 Å². The van der Waals surface area contributed by atoms with Gasteiger partial charge in [0.1, 0.15) is 0 Å². The highest BCUT2D eigenvalue weighted by Gasteiger charge is 2.32. The topological polar surface area (TPSA) is 112 Å². The number of fused-ring (bicyclic) bond motifs is 1. The van der Waals surface area contributed by atoms with Gasteiger partial charge in [-0.05, 0) is 55.2 Å². The number of nitrogens with one attached hydrogen (secondary N) is 1. The maximum Gasteiger partial charge on any atom is 0.252 e. The molecule has 9 nitrogen and oxygen atoms in total. The second kappa shape index (κ2) is 12.7. The molecule has 0 spiro atoms. The number of amides is 1. The van der Waals surface area contributed by atoms with Gasteiger partial charge >= 0.3 is 0 Å². The predicted molar refractivity (Wildman–Crippen MR) is 175 cm³/mol. The van der Waals surface area contributed by atoms with E-state index in [0.29, 0.717) is 58.9 Å². The molecule has 3 aromatic carbocycles.